The largest absolute Gasteiger partial charge is 0.471 e. The second-order valence-corrected chi connectivity index (χ2v) is 8.01. The molecule has 9 heteroatoms. The summed E-state index contributed by atoms with van der Waals surface area (Å²) in [5.74, 6) is 1.70. The third-order valence-corrected chi connectivity index (χ3v) is 5.68. The van der Waals surface area contributed by atoms with Crippen molar-refractivity contribution >= 4 is 16.4 Å². The summed E-state index contributed by atoms with van der Waals surface area (Å²) >= 11 is 0. The molecule has 1 fully saturated rings. The summed E-state index contributed by atoms with van der Waals surface area (Å²) in [6, 6.07) is 13.8. The summed E-state index contributed by atoms with van der Waals surface area (Å²) in [5, 5.41) is 19.2. The standard InChI is InChI=1S/C23H21N7O2/c1-15-11-20(28-32-15)22-26-25-21-18-5-2-3-6-19(18)23(27-30(21)22)31-14-16-7-8-17(24-12-16)13-29-9-4-10-29/h2-3,5-8,11-12H,4,9-10,13-14H2,1H3. The number of likely N-dealkylation sites (tertiary alicyclic amines) is 1. The van der Waals surface area contributed by atoms with Gasteiger partial charge in [0.2, 0.25) is 11.7 Å². The number of hydrogen-bond donors (Lipinski definition) is 0. The highest BCUT2D eigenvalue weighted by Crippen LogP contribution is 2.29. The van der Waals surface area contributed by atoms with Gasteiger partial charge in [0.1, 0.15) is 12.4 Å². The zero-order chi connectivity index (χ0) is 21.5. The average molecular weight is 427 g/mol. The number of pyridine rings is 1. The number of ether oxygens (including phenoxy) is 1. The number of rotatable bonds is 6. The fraction of sp³-hybridized carbons (Fsp3) is 0.261. The Morgan fingerprint density at radius 2 is 1.94 bits per heavy atom. The minimum atomic E-state index is 0.361. The third kappa shape index (κ3) is 3.36. The van der Waals surface area contributed by atoms with E-state index in [9.17, 15) is 0 Å². The second kappa shape index (κ2) is 7.69. The molecule has 6 rings (SSSR count). The molecule has 0 spiro atoms. The molecular formula is C23H21N7O2. The molecule has 1 aliphatic rings. The molecule has 5 aromatic rings. The van der Waals surface area contributed by atoms with Crippen molar-refractivity contribution in [1.29, 1.82) is 0 Å². The lowest BCUT2D eigenvalue weighted by atomic mass is 10.2. The first-order chi connectivity index (χ1) is 15.7. The molecule has 0 atom stereocenters. The Morgan fingerprint density at radius 3 is 2.66 bits per heavy atom. The Kier molecular flexibility index (Phi) is 4.53. The van der Waals surface area contributed by atoms with Crippen LogP contribution in [0.15, 0.2) is 53.2 Å². The van der Waals surface area contributed by atoms with Crippen molar-refractivity contribution in [3.05, 3.63) is 65.7 Å². The van der Waals surface area contributed by atoms with Crippen LogP contribution in [-0.2, 0) is 13.2 Å². The van der Waals surface area contributed by atoms with Gasteiger partial charge in [0.25, 0.3) is 0 Å². The van der Waals surface area contributed by atoms with Gasteiger partial charge in [0.15, 0.2) is 11.3 Å². The molecule has 0 N–H and O–H groups in total. The molecule has 5 heterocycles. The van der Waals surface area contributed by atoms with Crippen molar-refractivity contribution in [2.75, 3.05) is 13.1 Å². The molecule has 0 unspecified atom stereocenters. The van der Waals surface area contributed by atoms with Crippen LogP contribution in [0.3, 0.4) is 0 Å². The fourth-order valence-electron chi connectivity index (χ4n) is 3.84. The third-order valence-electron chi connectivity index (χ3n) is 5.68. The maximum Gasteiger partial charge on any atom is 0.240 e. The molecule has 0 amide bonds. The minimum Gasteiger partial charge on any atom is -0.471 e. The van der Waals surface area contributed by atoms with Gasteiger partial charge in [-0.15, -0.1) is 15.3 Å². The zero-order valence-corrected chi connectivity index (χ0v) is 17.6. The lowest BCUT2D eigenvalue weighted by Gasteiger charge is -2.30. The molecule has 0 saturated carbocycles. The summed E-state index contributed by atoms with van der Waals surface area (Å²) in [5.41, 5.74) is 3.28. The van der Waals surface area contributed by atoms with E-state index in [0.717, 1.165) is 41.7 Å². The summed E-state index contributed by atoms with van der Waals surface area (Å²) in [4.78, 5) is 6.97. The summed E-state index contributed by atoms with van der Waals surface area (Å²) < 4.78 is 13.0. The van der Waals surface area contributed by atoms with Crippen LogP contribution in [0.5, 0.6) is 5.88 Å². The average Bonchev–Trinajstić information content (AvgIpc) is 3.41. The highest BCUT2D eigenvalue weighted by Gasteiger charge is 2.18. The van der Waals surface area contributed by atoms with E-state index in [4.69, 9.17) is 14.4 Å². The number of aryl methyl sites for hydroxylation is 1. The van der Waals surface area contributed by atoms with E-state index in [1.54, 1.807) is 10.6 Å². The van der Waals surface area contributed by atoms with Gasteiger partial charge in [-0.05, 0) is 38.6 Å². The first-order valence-corrected chi connectivity index (χ1v) is 10.6. The topological polar surface area (TPSA) is 94.5 Å². The van der Waals surface area contributed by atoms with Crippen LogP contribution in [0.25, 0.3) is 27.9 Å². The van der Waals surface area contributed by atoms with Crippen LogP contribution in [-0.4, -0.2) is 47.9 Å². The molecule has 32 heavy (non-hydrogen) atoms. The quantitative estimate of drug-likeness (QED) is 0.407. The fourth-order valence-corrected chi connectivity index (χ4v) is 3.84. The van der Waals surface area contributed by atoms with Crippen molar-refractivity contribution in [3.8, 4) is 17.4 Å². The van der Waals surface area contributed by atoms with E-state index in [1.165, 1.54) is 6.42 Å². The Balaban J connectivity index is 1.32. The highest BCUT2D eigenvalue weighted by molar-refractivity contribution is 5.96. The van der Waals surface area contributed by atoms with E-state index >= 15 is 0 Å². The second-order valence-electron chi connectivity index (χ2n) is 8.01. The summed E-state index contributed by atoms with van der Waals surface area (Å²) in [7, 11) is 0. The van der Waals surface area contributed by atoms with Crippen LogP contribution in [0, 0.1) is 6.92 Å². The maximum absolute atomic E-state index is 6.15. The van der Waals surface area contributed by atoms with Crippen LogP contribution in [0.4, 0.5) is 0 Å². The summed E-state index contributed by atoms with van der Waals surface area (Å²) in [6.07, 6.45) is 3.15. The SMILES string of the molecule is Cc1cc(-c2nnc3c4ccccc4c(OCc4ccc(CN5CCC5)nc4)nn23)no1. The predicted molar refractivity (Wildman–Crippen MR) is 117 cm³/mol. The van der Waals surface area contributed by atoms with Crippen LogP contribution in [0.2, 0.25) is 0 Å². The molecule has 0 radical (unpaired) electrons. The smallest absolute Gasteiger partial charge is 0.240 e. The molecular weight excluding hydrogens is 406 g/mol. The first kappa shape index (κ1) is 18.9. The van der Waals surface area contributed by atoms with Gasteiger partial charge >= 0.3 is 0 Å². The Bertz CT molecular complexity index is 1400. The molecule has 1 aromatic carbocycles. The van der Waals surface area contributed by atoms with Crippen LogP contribution in [0.1, 0.15) is 23.4 Å². The molecule has 0 bridgehead atoms. The molecule has 1 saturated heterocycles. The van der Waals surface area contributed by atoms with Crippen LogP contribution >= 0.6 is 0 Å². The van der Waals surface area contributed by atoms with Gasteiger partial charge in [-0.25, -0.2) is 0 Å². The first-order valence-electron chi connectivity index (χ1n) is 10.6. The number of hydrogen-bond acceptors (Lipinski definition) is 8. The van der Waals surface area contributed by atoms with Gasteiger partial charge in [-0.1, -0.05) is 29.4 Å². The molecule has 9 nitrogen and oxygen atoms in total. The van der Waals surface area contributed by atoms with E-state index in [1.807, 2.05) is 37.4 Å². The van der Waals surface area contributed by atoms with Crippen LogP contribution < -0.4 is 4.74 Å². The Labute approximate surface area is 183 Å². The number of aromatic nitrogens is 6. The Morgan fingerprint density at radius 1 is 1.06 bits per heavy atom. The summed E-state index contributed by atoms with van der Waals surface area (Å²) in [6.45, 7) is 5.42. The van der Waals surface area contributed by atoms with Crippen molar-refractivity contribution in [3.63, 3.8) is 0 Å². The lowest BCUT2D eigenvalue weighted by molar-refractivity contribution is 0.170. The van der Waals surface area contributed by atoms with E-state index in [0.29, 0.717) is 35.4 Å². The van der Waals surface area contributed by atoms with Crippen molar-refractivity contribution < 1.29 is 9.26 Å². The van der Waals surface area contributed by atoms with Crippen molar-refractivity contribution in [2.24, 2.45) is 0 Å². The molecule has 160 valence electrons. The van der Waals surface area contributed by atoms with E-state index in [2.05, 4.69) is 37.4 Å². The Hall–Kier alpha value is -3.85. The number of fused-ring (bicyclic) bond motifs is 3. The number of nitrogens with zero attached hydrogens (tertiary/aromatic N) is 7. The zero-order valence-electron chi connectivity index (χ0n) is 17.6. The van der Waals surface area contributed by atoms with Gasteiger partial charge < -0.3 is 9.26 Å². The van der Waals surface area contributed by atoms with Crippen molar-refractivity contribution in [2.45, 2.75) is 26.5 Å². The van der Waals surface area contributed by atoms with E-state index in [-0.39, 0.29) is 0 Å². The maximum atomic E-state index is 6.15. The van der Waals surface area contributed by atoms with Gasteiger partial charge in [-0.3, -0.25) is 9.88 Å². The molecule has 1 aliphatic heterocycles. The minimum absolute atomic E-state index is 0.361. The normalized spacial score (nSPS) is 14.2. The van der Waals surface area contributed by atoms with E-state index < -0.39 is 0 Å². The predicted octanol–water partition coefficient (Wildman–Crippen LogP) is 3.42. The molecule has 4 aromatic heterocycles. The van der Waals surface area contributed by atoms with Gasteiger partial charge in [0.05, 0.1) is 5.69 Å². The van der Waals surface area contributed by atoms with Gasteiger partial charge in [-0.2, -0.15) is 4.52 Å². The molecule has 0 aliphatic carbocycles. The number of benzene rings is 1. The van der Waals surface area contributed by atoms with Gasteiger partial charge in [0, 0.05) is 35.1 Å². The lowest BCUT2D eigenvalue weighted by Crippen LogP contribution is -2.36. The monoisotopic (exact) mass is 427 g/mol. The highest BCUT2D eigenvalue weighted by atomic mass is 16.5. The van der Waals surface area contributed by atoms with Crippen molar-refractivity contribution in [1.82, 2.24) is 34.9 Å².